The predicted octanol–water partition coefficient (Wildman–Crippen LogP) is 2.55. The first-order chi connectivity index (χ1) is 8.29. The Morgan fingerprint density at radius 3 is 2.53 bits per heavy atom. The molecule has 0 amide bonds. The lowest BCUT2D eigenvalue weighted by Gasteiger charge is -2.23. The van der Waals surface area contributed by atoms with Crippen molar-refractivity contribution in [3.05, 3.63) is 54.0 Å². The summed E-state index contributed by atoms with van der Waals surface area (Å²) in [6.45, 7) is 4.30. The summed E-state index contributed by atoms with van der Waals surface area (Å²) in [4.78, 5) is 2.22. The van der Waals surface area contributed by atoms with Crippen LogP contribution < -0.4 is 10.6 Å². The Hall–Kier alpha value is -1.74. The van der Waals surface area contributed by atoms with E-state index in [-0.39, 0.29) is 0 Å². The molecule has 0 fully saturated rings. The van der Waals surface area contributed by atoms with Crippen LogP contribution in [0.5, 0.6) is 0 Å². The average Bonchev–Trinajstić information content (AvgIpc) is 2.82. The third-order valence-corrected chi connectivity index (χ3v) is 2.72. The molecule has 0 radical (unpaired) electrons. The molecule has 17 heavy (non-hydrogen) atoms. The van der Waals surface area contributed by atoms with Crippen molar-refractivity contribution in [2.24, 2.45) is 5.73 Å². The molecule has 0 spiro atoms. The number of anilines is 1. The van der Waals surface area contributed by atoms with Crippen LogP contribution in [0, 0.1) is 6.92 Å². The van der Waals surface area contributed by atoms with E-state index in [0.717, 1.165) is 18.8 Å². The molecule has 0 saturated heterocycles. The molecule has 0 aliphatic heterocycles. The molecule has 3 heteroatoms. The molecule has 2 N–H and O–H groups in total. The lowest BCUT2D eigenvalue weighted by molar-refractivity contribution is 0.502. The summed E-state index contributed by atoms with van der Waals surface area (Å²) in [5, 5.41) is 0. The Bertz CT molecular complexity index is 434. The van der Waals surface area contributed by atoms with Gasteiger partial charge in [0.2, 0.25) is 0 Å². The van der Waals surface area contributed by atoms with Gasteiger partial charge in [-0.15, -0.1) is 0 Å². The summed E-state index contributed by atoms with van der Waals surface area (Å²) in [7, 11) is 0. The molecule has 0 aliphatic rings. The second-order valence-corrected chi connectivity index (χ2v) is 4.13. The largest absolute Gasteiger partial charge is 0.467 e. The number of hydrogen-bond acceptors (Lipinski definition) is 3. The van der Waals surface area contributed by atoms with E-state index in [9.17, 15) is 0 Å². The van der Waals surface area contributed by atoms with Crippen molar-refractivity contribution in [3.63, 3.8) is 0 Å². The standard InChI is InChI=1S/C14H18N2O/c1-12-4-6-13(7-5-12)16(9-8-15)11-14-3-2-10-17-14/h2-7,10H,8-9,11,15H2,1H3. The minimum Gasteiger partial charge on any atom is -0.467 e. The first-order valence-corrected chi connectivity index (χ1v) is 5.83. The van der Waals surface area contributed by atoms with Crippen LogP contribution in [-0.4, -0.2) is 13.1 Å². The smallest absolute Gasteiger partial charge is 0.123 e. The first kappa shape index (κ1) is 11.7. The molecule has 0 atom stereocenters. The molecule has 0 unspecified atom stereocenters. The van der Waals surface area contributed by atoms with Gasteiger partial charge in [0.05, 0.1) is 12.8 Å². The lowest BCUT2D eigenvalue weighted by Crippen LogP contribution is -2.28. The first-order valence-electron chi connectivity index (χ1n) is 5.83. The molecular weight excluding hydrogens is 212 g/mol. The van der Waals surface area contributed by atoms with Gasteiger partial charge in [-0.2, -0.15) is 0 Å². The van der Waals surface area contributed by atoms with Crippen LogP contribution in [0.3, 0.4) is 0 Å². The van der Waals surface area contributed by atoms with Gasteiger partial charge in [0, 0.05) is 18.8 Å². The van der Waals surface area contributed by atoms with E-state index in [0.29, 0.717) is 6.54 Å². The van der Waals surface area contributed by atoms with Gasteiger partial charge in [0.1, 0.15) is 5.76 Å². The van der Waals surface area contributed by atoms with E-state index >= 15 is 0 Å². The zero-order valence-electron chi connectivity index (χ0n) is 10.1. The molecule has 1 aromatic carbocycles. The number of nitrogens with two attached hydrogens (primary N) is 1. The van der Waals surface area contributed by atoms with Crippen molar-refractivity contribution >= 4 is 5.69 Å². The molecule has 3 nitrogen and oxygen atoms in total. The maximum absolute atomic E-state index is 5.65. The summed E-state index contributed by atoms with van der Waals surface area (Å²) >= 11 is 0. The number of rotatable bonds is 5. The van der Waals surface area contributed by atoms with Crippen LogP contribution in [0.2, 0.25) is 0 Å². The van der Waals surface area contributed by atoms with Gasteiger partial charge in [0.25, 0.3) is 0 Å². The molecule has 0 aliphatic carbocycles. The van der Waals surface area contributed by atoms with Gasteiger partial charge in [-0.3, -0.25) is 0 Å². The van der Waals surface area contributed by atoms with Crippen molar-refractivity contribution in [2.75, 3.05) is 18.0 Å². The Balaban J connectivity index is 2.13. The fourth-order valence-electron chi connectivity index (χ4n) is 1.80. The number of aryl methyl sites for hydroxylation is 1. The van der Waals surface area contributed by atoms with Crippen LogP contribution in [-0.2, 0) is 6.54 Å². The molecule has 2 aromatic rings. The molecule has 2 rings (SSSR count). The highest BCUT2D eigenvalue weighted by atomic mass is 16.3. The number of nitrogens with zero attached hydrogens (tertiary/aromatic N) is 1. The Kier molecular flexibility index (Phi) is 3.83. The second kappa shape index (κ2) is 5.55. The zero-order chi connectivity index (χ0) is 12.1. The summed E-state index contributed by atoms with van der Waals surface area (Å²) in [6.07, 6.45) is 1.70. The number of hydrogen-bond donors (Lipinski definition) is 1. The van der Waals surface area contributed by atoms with Crippen molar-refractivity contribution in [1.29, 1.82) is 0 Å². The van der Waals surface area contributed by atoms with Crippen molar-refractivity contribution in [2.45, 2.75) is 13.5 Å². The van der Waals surface area contributed by atoms with Crippen LogP contribution in [0.4, 0.5) is 5.69 Å². The van der Waals surface area contributed by atoms with Gasteiger partial charge in [0.15, 0.2) is 0 Å². The highest BCUT2D eigenvalue weighted by Gasteiger charge is 2.07. The van der Waals surface area contributed by atoms with Gasteiger partial charge >= 0.3 is 0 Å². The second-order valence-electron chi connectivity index (χ2n) is 4.13. The molecule has 0 saturated carbocycles. The van der Waals surface area contributed by atoms with Gasteiger partial charge in [-0.05, 0) is 31.2 Å². The molecule has 90 valence electrons. The third-order valence-electron chi connectivity index (χ3n) is 2.72. The predicted molar refractivity (Wildman–Crippen MR) is 70.0 cm³/mol. The van der Waals surface area contributed by atoms with Crippen molar-refractivity contribution in [3.8, 4) is 0 Å². The molecule has 1 aromatic heterocycles. The Morgan fingerprint density at radius 2 is 1.94 bits per heavy atom. The van der Waals surface area contributed by atoms with Crippen LogP contribution in [0.1, 0.15) is 11.3 Å². The Labute approximate surface area is 102 Å². The van der Waals surface area contributed by atoms with E-state index in [1.165, 1.54) is 11.3 Å². The Morgan fingerprint density at radius 1 is 1.18 bits per heavy atom. The fraction of sp³-hybridized carbons (Fsp3) is 0.286. The quantitative estimate of drug-likeness (QED) is 0.858. The van der Waals surface area contributed by atoms with Crippen molar-refractivity contribution < 1.29 is 4.42 Å². The highest BCUT2D eigenvalue weighted by Crippen LogP contribution is 2.17. The van der Waals surface area contributed by atoms with Crippen molar-refractivity contribution in [1.82, 2.24) is 0 Å². The van der Waals surface area contributed by atoms with E-state index in [4.69, 9.17) is 10.2 Å². The van der Waals surface area contributed by atoms with E-state index in [2.05, 4.69) is 36.1 Å². The molecular formula is C14H18N2O. The minimum absolute atomic E-state index is 0.634. The summed E-state index contributed by atoms with van der Waals surface area (Å²) in [6, 6.07) is 12.4. The summed E-state index contributed by atoms with van der Waals surface area (Å²) in [5.41, 5.74) is 8.09. The maximum Gasteiger partial charge on any atom is 0.123 e. The normalized spacial score (nSPS) is 10.5. The van der Waals surface area contributed by atoms with Crippen LogP contribution in [0.25, 0.3) is 0 Å². The third kappa shape index (κ3) is 3.11. The minimum atomic E-state index is 0.634. The van der Waals surface area contributed by atoms with E-state index in [1.807, 2.05) is 12.1 Å². The highest BCUT2D eigenvalue weighted by molar-refractivity contribution is 5.47. The van der Waals surface area contributed by atoms with Gasteiger partial charge < -0.3 is 15.1 Å². The van der Waals surface area contributed by atoms with E-state index in [1.54, 1.807) is 6.26 Å². The maximum atomic E-state index is 5.65. The summed E-state index contributed by atoms with van der Waals surface area (Å²) in [5.74, 6) is 0.957. The van der Waals surface area contributed by atoms with Gasteiger partial charge in [-0.1, -0.05) is 17.7 Å². The van der Waals surface area contributed by atoms with Gasteiger partial charge in [-0.25, -0.2) is 0 Å². The number of furan rings is 1. The number of benzene rings is 1. The van der Waals surface area contributed by atoms with Crippen LogP contribution >= 0.6 is 0 Å². The molecule has 0 bridgehead atoms. The monoisotopic (exact) mass is 230 g/mol. The zero-order valence-corrected chi connectivity index (χ0v) is 10.1. The van der Waals surface area contributed by atoms with E-state index < -0.39 is 0 Å². The summed E-state index contributed by atoms with van der Waals surface area (Å²) < 4.78 is 5.37. The lowest BCUT2D eigenvalue weighted by atomic mass is 10.2. The fourth-order valence-corrected chi connectivity index (χ4v) is 1.80. The SMILES string of the molecule is Cc1ccc(N(CCN)Cc2ccco2)cc1. The average molecular weight is 230 g/mol. The van der Waals surface area contributed by atoms with Crippen LogP contribution in [0.15, 0.2) is 47.1 Å². The topological polar surface area (TPSA) is 42.4 Å². The molecule has 1 heterocycles.